The molecule has 0 radical (unpaired) electrons. The van der Waals surface area contributed by atoms with E-state index in [1.54, 1.807) is 0 Å². The van der Waals surface area contributed by atoms with Gasteiger partial charge in [0.05, 0.1) is 6.54 Å². The number of imide groups is 1. The van der Waals surface area contributed by atoms with Crippen molar-refractivity contribution in [1.29, 1.82) is 0 Å². The summed E-state index contributed by atoms with van der Waals surface area (Å²) in [4.78, 5) is 40.5. The summed E-state index contributed by atoms with van der Waals surface area (Å²) in [6.07, 6.45) is 1.19. The van der Waals surface area contributed by atoms with Gasteiger partial charge in [-0.3, -0.25) is 14.9 Å². The lowest BCUT2D eigenvalue weighted by Gasteiger charge is -2.28. The molecule has 2 aliphatic rings. The minimum Gasteiger partial charge on any atom is -0.346 e. The number of urea groups is 1. The van der Waals surface area contributed by atoms with E-state index in [9.17, 15) is 14.4 Å². The molecule has 4 amide bonds. The van der Waals surface area contributed by atoms with E-state index in [0.717, 1.165) is 12.1 Å². The van der Waals surface area contributed by atoms with E-state index in [-0.39, 0.29) is 24.5 Å². The summed E-state index contributed by atoms with van der Waals surface area (Å²) in [6, 6.07) is 7.62. The summed E-state index contributed by atoms with van der Waals surface area (Å²) in [6.45, 7) is 1.23. The second kappa shape index (κ2) is 5.84. The molecule has 2 aliphatic heterocycles. The van der Waals surface area contributed by atoms with Crippen molar-refractivity contribution >= 4 is 34.5 Å². The average molecular weight is 338 g/mol. The Bertz CT molecular complexity index is 941. The van der Waals surface area contributed by atoms with Crippen molar-refractivity contribution in [3.63, 3.8) is 0 Å². The Morgan fingerprint density at radius 3 is 2.84 bits per heavy atom. The van der Waals surface area contributed by atoms with Gasteiger partial charge in [0.2, 0.25) is 5.91 Å². The summed E-state index contributed by atoms with van der Waals surface area (Å²) >= 11 is 0. The third-order valence-electron chi connectivity index (χ3n) is 4.96. The minimum absolute atomic E-state index is 0.0224. The lowest BCUT2D eigenvalue weighted by Crippen LogP contribution is -2.37. The number of fused-ring (bicyclic) bond motifs is 3. The zero-order chi connectivity index (χ0) is 17.6. The molecule has 0 bridgehead atoms. The second-order valence-electron chi connectivity index (χ2n) is 6.38. The maximum absolute atomic E-state index is 12.5. The van der Waals surface area contributed by atoms with Crippen LogP contribution >= 0.6 is 0 Å². The highest BCUT2D eigenvalue weighted by Gasteiger charge is 2.27. The molecule has 0 unspecified atom stereocenters. The predicted octanol–water partition coefficient (Wildman–Crippen LogP) is 1.53. The standard InChI is InChI=1S/C18H18N4O3/c1-21-14-5-3-2-4-11(14)12-8-9-22(10-15(12)21)16(23)7-6-13-17(24)20-18(25)19-13/h2-5H,6-10H2,1H3,(H,20,24,25). The first-order chi connectivity index (χ1) is 12.0. The van der Waals surface area contributed by atoms with Gasteiger partial charge in [-0.25, -0.2) is 4.79 Å². The minimum atomic E-state index is -0.648. The Labute approximate surface area is 144 Å². The Morgan fingerprint density at radius 2 is 2.08 bits per heavy atom. The average Bonchev–Trinajstić information content (AvgIpc) is 3.09. The quantitative estimate of drug-likeness (QED) is 0.921. The molecule has 2 aromatic rings. The Balaban J connectivity index is 1.49. The molecule has 1 N–H and O–H groups in total. The van der Waals surface area contributed by atoms with Gasteiger partial charge in [0.1, 0.15) is 5.71 Å². The first-order valence-electron chi connectivity index (χ1n) is 8.30. The summed E-state index contributed by atoms with van der Waals surface area (Å²) in [5, 5.41) is 3.35. The second-order valence-corrected chi connectivity index (χ2v) is 6.38. The van der Waals surface area contributed by atoms with Crippen LogP contribution in [0.15, 0.2) is 29.3 Å². The monoisotopic (exact) mass is 338 g/mol. The zero-order valence-electron chi connectivity index (χ0n) is 13.9. The largest absolute Gasteiger partial charge is 0.348 e. The molecule has 7 nitrogen and oxygen atoms in total. The van der Waals surface area contributed by atoms with E-state index in [1.807, 2.05) is 24.1 Å². The highest BCUT2D eigenvalue weighted by Crippen LogP contribution is 2.30. The van der Waals surface area contributed by atoms with Crippen molar-refractivity contribution in [3.8, 4) is 0 Å². The van der Waals surface area contributed by atoms with Gasteiger partial charge in [0.15, 0.2) is 0 Å². The molecule has 1 aromatic heterocycles. The van der Waals surface area contributed by atoms with Crippen molar-refractivity contribution in [1.82, 2.24) is 14.8 Å². The highest BCUT2D eigenvalue weighted by molar-refractivity contribution is 6.46. The van der Waals surface area contributed by atoms with Gasteiger partial charge >= 0.3 is 6.03 Å². The number of carbonyl (C=O) groups excluding carboxylic acids is 3. The number of nitrogens with one attached hydrogen (secondary N) is 1. The molecule has 0 aliphatic carbocycles. The van der Waals surface area contributed by atoms with E-state index < -0.39 is 11.9 Å². The number of para-hydroxylation sites is 1. The van der Waals surface area contributed by atoms with Crippen LogP contribution < -0.4 is 5.32 Å². The van der Waals surface area contributed by atoms with E-state index in [2.05, 4.69) is 27.0 Å². The molecule has 1 aromatic carbocycles. The van der Waals surface area contributed by atoms with Crippen LogP contribution in [0.2, 0.25) is 0 Å². The lowest BCUT2D eigenvalue weighted by atomic mass is 10.0. The van der Waals surface area contributed by atoms with E-state index in [1.165, 1.54) is 16.5 Å². The zero-order valence-corrected chi connectivity index (χ0v) is 13.9. The first kappa shape index (κ1) is 15.6. The van der Waals surface area contributed by atoms with Crippen molar-refractivity contribution < 1.29 is 14.4 Å². The SMILES string of the molecule is Cn1c2c(c3ccccc31)CCN(C(=O)CCC1=NC(=O)NC1=O)C2. The Morgan fingerprint density at radius 1 is 1.28 bits per heavy atom. The number of benzene rings is 1. The van der Waals surface area contributed by atoms with E-state index in [0.29, 0.717) is 13.1 Å². The molecule has 0 spiro atoms. The van der Waals surface area contributed by atoms with E-state index >= 15 is 0 Å². The molecule has 7 heteroatoms. The molecule has 3 heterocycles. The third-order valence-corrected chi connectivity index (χ3v) is 4.96. The number of amides is 4. The summed E-state index contributed by atoms with van der Waals surface area (Å²) < 4.78 is 2.15. The molecule has 4 rings (SSSR count). The number of aromatic nitrogens is 1. The number of nitrogens with zero attached hydrogens (tertiary/aromatic N) is 3. The number of rotatable bonds is 3. The number of aryl methyl sites for hydroxylation is 1. The molecule has 0 fully saturated rings. The fraction of sp³-hybridized carbons (Fsp3) is 0.333. The first-order valence-corrected chi connectivity index (χ1v) is 8.30. The van der Waals surface area contributed by atoms with Crippen molar-refractivity contribution in [2.24, 2.45) is 12.0 Å². The number of hydrogen-bond donors (Lipinski definition) is 1. The van der Waals surface area contributed by atoms with Crippen LogP contribution in [0.3, 0.4) is 0 Å². The van der Waals surface area contributed by atoms with Gasteiger partial charge in [-0.15, -0.1) is 0 Å². The molecule has 0 saturated heterocycles. The van der Waals surface area contributed by atoms with Crippen LogP contribution in [0.1, 0.15) is 24.1 Å². The molecular formula is C18H18N4O3. The third kappa shape index (κ3) is 2.61. The summed E-state index contributed by atoms with van der Waals surface area (Å²) in [5.41, 5.74) is 3.79. The van der Waals surface area contributed by atoms with Crippen LogP contribution in [0.4, 0.5) is 4.79 Å². The van der Waals surface area contributed by atoms with Crippen LogP contribution in [-0.4, -0.2) is 39.6 Å². The van der Waals surface area contributed by atoms with Gasteiger partial charge in [0.25, 0.3) is 5.91 Å². The maximum atomic E-state index is 12.5. The normalized spacial score (nSPS) is 16.8. The predicted molar refractivity (Wildman–Crippen MR) is 92.2 cm³/mol. The van der Waals surface area contributed by atoms with Gasteiger partial charge in [0, 0.05) is 43.0 Å². The lowest BCUT2D eigenvalue weighted by molar-refractivity contribution is -0.132. The topological polar surface area (TPSA) is 83.8 Å². The molecular weight excluding hydrogens is 320 g/mol. The van der Waals surface area contributed by atoms with E-state index in [4.69, 9.17) is 0 Å². The van der Waals surface area contributed by atoms with Crippen LogP contribution in [-0.2, 0) is 29.6 Å². The molecule has 25 heavy (non-hydrogen) atoms. The fourth-order valence-electron chi connectivity index (χ4n) is 3.65. The molecule has 0 saturated carbocycles. The van der Waals surface area contributed by atoms with Gasteiger partial charge in [-0.05, 0) is 18.1 Å². The highest BCUT2D eigenvalue weighted by atomic mass is 16.2. The maximum Gasteiger partial charge on any atom is 0.348 e. The van der Waals surface area contributed by atoms with Crippen molar-refractivity contribution in [2.75, 3.05) is 6.54 Å². The fourth-order valence-corrected chi connectivity index (χ4v) is 3.65. The molecule has 0 atom stereocenters. The summed E-state index contributed by atoms with van der Waals surface area (Å²) in [5.74, 6) is -0.516. The Hall–Kier alpha value is -2.96. The van der Waals surface area contributed by atoms with Crippen LogP contribution in [0.5, 0.6) is 0 Å². The van der Waals surface area contributed by atoms with Gasteiger partial charge < -0.3 is 9.47 Å². The van der Waals surface area contributed by atoms with Gasteiger partial charge in [-0.2, -0.15) is 4.99 Å². The van der Waals surface area contributed by atoms with Crippen molar-refractivity contribution in [3.05, 3.63) is 35.5 Å². The Kier molecular flexibility index (Phi) is 3.63. The van der Waals surface area contributed by atoms with Crippen molar-refractivity contribution in [2.45, 2.75) is 25.8 Å². The molecule has 128 valence electrons. The van der Waals surface area contributed by atoms with Gasteiger partial charge in [-0.1, -0.05) is 18.2 Å². The smallest absolute Gasteiger partial charge is 0.346 e. The number of carbonyl (C=O) groups is 3. The van der Waals surface area contributed by atoms with Crippen LogP contribution in [0, 0.1) is 0 Å². The number of hydrogen-bond acceptors (Lipinski definition) is 3. The van der Waals surface area contributed by atoms with Crippen LogP contribution in [0.25, 0.3) is 10.9 Å². The summed E-state index contributed by atoms with van der Waals surface area (Å²) in [7, 11) is 2.03. The number of aliphatic imine (C=N–C) groups is 1.